The molecule has 7 nitrogen and oxygen atoms in total. The molecule has 1 N–H and O–H groups in total. The molecule has 8 heteroatoms. The van der Waals surface area contributed by atoms with Gasteiger partial charge in [-0.15, -0.1) is 0 Å². The smallest absolute Gasteiger partial charge is 0.266 e. The van der Waals surface area contributed by atoms with E-state index in [9.17, 15) is 14.4 Å². The summed E-state index contributed by atoms with van der Waals surface area (Å²) in [7, 11) is 1.39. The highest BCUT2D eigenvalue weighted by molar-refractivity contribution is 5.94. The standard InChI is InChI=1S/C31H24FN5O2/c1-39-28-12-10-22(16-25(28)32)37-30(27-8-5-13-34-27)36-29-23(14-19(17-33)15-24(29)31(37)38)21-9-11-26(35-18-21)20-6-3-2-4-7-20/h2-4,6-7,9-12,14-16,18,27,34H,5,8,13H2,1H3. The molecule has 0 amide bonds. The summed E-state index contributed by atoms with van der Waals surface area (Å²) in [6, 6.07) is 23.3. The molecule has 0 saturated carbocycles. The number of benzene rings is 3. The number of hydrogen-bond acceptors (Lipinski definition) is 6. The lowest BCUT2D eigenvalue weighted by Crippen LogP contribution is -2.29. The third kappa shape index (κ3) is 4.43. The molecule has 192 valence electrons. The zero-order valence-corrected chi connectivity index (χ0v) is 21.2. The number of fused-ring (bicyclic) bond motifs is 1. The van der Waals surface area contributed by atoms with Crippen molar-refractivity contribution >= 4 is 10.9 Å². The van der Waals surface area contributed by atoms with E-state index < -0.39 is 5.82 Å². The van der Waals surface area contributed by atoms with E-state index in [1.54, 1.807) is 24.4 Å². The Bertz CT molecular complexity index is 1790. The van der Waals surface area contributed by atoms with Gasteiger partial charge in [0.15, 0.2) is 11.6 Å². The van der Waals surface area contributed by atoms with Crippen molar-refractivity contribution in [2.24, 2.45) is 0 Å². The van der Waals surface area contributed by atoms with Crippen LogP contribution in [0.5, 0.6) is 5.75 Å². The van der Waals surface area contributed by atoms with E-state index >= 15 is 0 Å². The maximum absolute atomic E-state index is 14.7. The van der Waals surface area contributed by atoms with Crippen LogP contribution in [0.25, 0.3) is 39.0 Å². The lowest BCUT2D eigenvalue weighted by Gasteiger charge is -2.20. The molecule has 1 aliphatic rings. The Balaban J connectivity index is 1.59. The van der Waals surface area contributed by atoms with Crippen LogP contribution in [0.4, 0.5) is 4.39 Å². The van der Waals surface area contributed by atoms with E-state index in [1.165, 1.54) is 23.8 Å². The molecule has 1 unspecified atom stereocenters. The first-order valence-corrected chi connectivity index (χ1v) is 12.7. The number of aromatic nitrogens is 3. The van der Waals surface area contributed by atoms with Gasteiger partial charge in [-0.2, -0.15) is 5.26 Å². The molecule has 3 heterocycles. The van der Waals surface area contributed by atoms with Crippen molar-refractivity contribution in [2.45, 2.75) is 18.9 Å². The molecule has 0 bridgehead atoms. The molecule has 3 aromatic carbocycles. The molecule has 0 radical (unpaired) electrons. The van der Waals surface area contributed by atoms with E-state index in [1.807, 2.05) is 42.5 Å². The second kappa shape index (κ2) is 10.1. The fraction of sp³-hybridized carbons (Fsp3) is 0.161. The number of nitriles is 1. The molecule has 39 heavy (non-hydrogen) atoms. The van der Waals surface area contributed by atoms with Crippen LogP contribution in [0.3, 0.4) is 0 Å². The van der Waals surface area contributed by atoms with Crippen molar-refractivity contribution in [2.75, 3.05) is 13.7 Å². The first-order chi connectivity index (χ1) is 19.1. The number of pyridine rings is 1. The SMILES string of the molecule is COc1ccc(-n2c(C3CCCN3)nc3c(-c4ccc(-c5ccccc5)nc4)cc(C#N)cc3c2=O)cc1F. The maximum Gasteiger partial charge on any atom is 0.266 e. The topological polar surface area (TPSA) is 92.8 Å². The van der Waals surface area contributed by atoms with Gasteiger partial charge in [0.1, 0.15) is 5.82 Å². The number of methoxy groups -OCH3 is 1. The van der Waals surface area contributed by atoms with Crippen LogP contribution in [0.1, 0.15) is 30.3 Å². The lowest BCUT2D eigenvalue weighted by molar-refractivity contribution is 0.386. The number of rotatable bonds is 5. The Morgan fingerprint density at radius 1 is 1.08 bits per heavy atom. The Labute approximate surface area is 224 Å². The maximum atomic E-state index is 14.7. The van der Waals surface area contributed by atoms with Gasteiger partial charge in [-0.1, -0.05) is 36.4 Å². The van der Waals surface area contributed by atoms with Crippen molar-refractivity contribution in [1.82, 2.24) is 19.9 Å². The first kappa shape index (κ1) is 24.5. The molecule has 6 rings (SSSR count). The minimum absolute atomic E-state index is 0.0848. The fourth-order valence-corrected chi connectivity index (χ4v) is 5.11. The zero-order chi connectivity index (χ0) is 26.9. The Morgan fingerprint density at radius 2 is 1.92 bits per heavy atom. The lowest BCUT2D eigenvalue weighted by atomic mass is 9.99. The second-order valence-electron chi connectivity index (χ2n) is 9.41. The number of ether oxygens (including phenoxy) is 1. The van der Waals surface area contributed by atoms with Gasteiger partial charge < -0.3 is 10.1 Å². The van der Waals surface area contributed by atoms with Crippen LogP contribution in [0.15, 0.2) is 83.8 Å². The van der Waals surface area contributed by atoms with Crippen molar-refractivity contribution in [3.63, 3.8) is 0 Å². The molecular weight excluding hydrogens is 493 g/mol. The third-order valence-electron chi connectivity index (χ3n) is 7.04. The highest BCUT2D eigenvalue weighted by atomic mass is 19.1. The summed E-state index contributed by atoms with van der Waals surface area (Å²) in [4.78, 5) is 23.7. The molecule has 1 fully saturated rings. The fourth-order valence-electron chi connectivity index (χ4n) is 5.11. The summed E-state index contributed by atoms with van der Waals surface area (Å²) in [5.74, 6) is -0.000599. The van der Waals surface area contributed by atoms with E-state index in [4.69, 9.17) is 9.72 Å². The average Bonchev–Trinajstić information content (AvgIpc) is 3.52. The van der Waals surface area contributed by atoms with Gasteiger partial charge in [0, 0.05) is 29.0 Å². The second-order valence-corrected chi connectivity index (χ2v) is 9.41. The van der Waals surface area contributed by atoms with E-state index in [2.05, 4.69) is 16.4 Å². The molecule has 1 saturated heterocycles. The molecule has 5 aromatic rings. The minimum Gasteiger partial charge on any atom is -0.494 e. The highest BCUT2D eigenvalue weighted by Crippen LogP contribution is 2.32. The largest absolute Gasteiger partial charge is 0.494 e. The predicted octanol–water partition coefficient (Wildman–Crippen LogP) is 5.56. The quantitative estimate of drug-likeness (QED) is 0.328. The van der Waals surface area contributed by atoms with Crippen LogP contribution in [0, 0.1) is 17.1 Å². The van der Waals surface area contributed by atoms with E-state index in [0.29, 0.717) is 28.2 Å². The van der Waals surface area contributed by atoms with Gasteiger partial charge in [0.05, 0.1) is 47.1 Å². The average molecular weight is 518 g/mol. The molecular formula is C31H24FN5O2. The summed E-state index contributed by atoms with van der Waals surface area (Å²) >= 11 is 0. The number of nitrogens with zero attached hydrogens (tertiary/aromatic N) is 4. The predicted molar refractivity (Wildman–Crippen MR) is 147 cm³/mol. The van der Waals surface area contributed by atoms with Gasteiger partial charge in [0.2, 0.25) is 0 Å². The molecule has 1 aliphatic heterocycles. The summed E-state index contributed by atoms with van der Waals surface area (Å²) in [5.41, 5.74) is 3.94. The van der Waals surface area contributed by atoms with Crippen molar-refractivity contribution in [3.05, 3.63) is 107 Å². The third-order valence-corrected chi connectivity index (χ3v) is 7.04. The van der Waals surface area contributed by atoms with E-state index in [-0.39, 0.29) is 22.7 Å². The Hall–Kier alpha value is -4.87. The van der Waals surface area contributed by atoms with E-state index in [0.717, 1.165) is 36.2 Å². The summed E-state index contributed by atoms with van der Waals surface area (Å²) in [6.45, 7) is 0.792. The minimum atomic E-state index is -0.580. The highest BCUT2D eigenvalue weighted by Gasteiger charge is 2.26. The normalized spacial score (nSPS) is 14.8. The van der Waals surface area contributed by atoms with Crippen molar-refractivity contribution < 1.29 is 9.13 Å². The van der Waals surface area contributed by atoms with Crippen LogP contribution in [-0.4, -0.2) is 28.2 Å². The summed E-state index contributed by atoms with van der Waals surface area (Å²) < 4.78 is 21.2. The zero-order valence-electron chi connectivity index (χ0n) is 21.2. The number of hydrogen-bond donors (Lipinski definition) is 1. The molecule has 0 spiro atoms. The number of halogens is 1. The van der Waals surface area contributed by atoms with Gasteiger partial charge in [-0.25, -0.2) is 9.37 Å². The monoisotopic (exact) mass is 517 g/mol. The van der Waals surface area contributed by atoms with Gasteiger partial charge in [0.25, 0.3) is 5.56 Å². The van der Waals surface area contributed by atoms with Crippen LogP contribution in [0.2, 0.25) is 0 Å². The van der Waals surface area contributed by atoms with Crippen LogP contribution >= 0.6 is 0 Å². The Morgan fingerprint density at radius 3 is 2.59 bits per heavy atom. The molecule has 2 aromatic heterocycles. The number of nitrogens with one attached hydrogen (secondary N) is 1. The van der Waals surface area contributed by atoms with Gasteiger partial charge in [-0.05, 0) is 49.7 Å². The Kier molecular flexibility index (Phi) is 6.35. The van der Waals surface area contributed by atoms with Crippen molar-refractivity contribution in [1.29, 1.82) is 5.26 Å². The van der Waals surface area contributed by atoms with Gasteiger partial charge >= 0.3 is 0 Å². The van der Waals surface area contributed by atoms with Gasteiger partial charge in [-0.3, -0.25) is 14.3 Å². The van der Waals surface area contributed by atoms with Crippen LogP contribution in [-0.2, 0) is 0 Å². The summed E-state index contributed by atoms with van der Waals surface area (Å²) in [6.07, 6.45) is 3.45. The van der Waals surface area contributed by atoms with Crippen molar-refractivity contribution in [3.8, 4) is 39.9 Å². The molecule has 1 atom stereocenters. The van der Waals surface area contributed by atoms with Crippen LogP contribution < -0.4 is 15.6 Å². The summed E-state index contributed by atoms with van der Waals surface area (Å²) in [5, 5.41) is 13.5. The molecule has 0 aliphatic carbocycles. The first-order valence-electron chi connectivity index (χ1n) is 12.7.